The van der Waals surface area contributed by atoms with Crippen LogP contribution in [-0.4, -0.2) is 119 Å². The van der Waals surface area contributed by atoms with E-state index in [0.717, 1.165) is 16.5 Å². The summed E-state index contributed by atoms with van der Waals surface area (Å²) in [5.74, 6) is -5.22. The van der Waals surface area contributed by atoms with E-state index in [4.69, 9.17) is 23.7 Å². The molecule has 0 bridgehead atoms. The third-order valence-corrected chi connectivity index (χ3v) is 11.6. The van der Waals surface area contributed by atoms with Gasteiger partial charge in [-0.3, -0.25) is 19.4 Å². The van der Waals surface area contributed by atoms with Crippen molar-refractivity contribution in [3.05, 3.63) is 48.2 Å². The van der Waals surface area contributed by atoms with Crippen LogP contribution in [0, 0.1) is 23.7 Å². The summed E-state index contributed by atoms with van der Waals surface area (Å²) in [6, 6.07) is 9.53. The van der Waals surface area contributed by atoms with Crippen LogP contribution >= 0.6 is 0 Å². The lowest BCUT2D eigenvalue weighted by molar-refractivity contribution is -0.295. The number of fused-ring (bicyclic) bond motifs is 1. The van der Waals surface area contributed by atoms with Crippen LogP contribution in [0.3, 0.4) is 0 Å². The number of para-hydroxylation sites is 1. The Hall–Kier alpha value is -3.10. The van der Waals surface area contributed by atoms with E-state index >= 15 is 0 Å². The second-order valence-corrected chi connectivity index (χ2v) is 16.0. The Bertz CT molecular complexity index is 1630. The number of ether oxygens (including phenoxy) is 5. The summed E-state index contributed by atoms with van der Waals surface area (Å²) in [5, 5.41) is 24.5. The standard InChI is InChI=1S/C42H62N2O10/c1-12-33-42(8,49)38(51-19-15-16-29-21-30-17-13-14-18-31(30)43-23-29)26(4)34(45)24(2)22-41(7,50-11)37(27(5)35(46)28(6)39(48)53-33)54-40-36(47)32(44(9)10)20-25(3)52-40/h13-18,21,23-28,32-33,36-38,40,47,49H,12,19-20,22H2,1-11H3/b16-15+/t24-,25-,26+,27+,28-,32+,33-,36-,37-,38?,40+,41+,42-/m1/s1. The lowest BCUT2D eigenvalue weighted by Crippen LogP contribution is -2.60. The van der Waals surface area contributed by atoms with Crippen LogP contribution in [0.15, 0.2) is 42.6 Å². The van der Waals surface area contributed by atoms with E-state index in [1.54, 1.807) is 46.9 Å². The molecule has 1 unspecified atom stereocenters. The van der Waals surface area contributed by atoms with Gasteiger partial charge in [0, 0.05) is 42.5 Å². The molecule has 0 aliphatic carbocycles. The zero-order chi connectivity index (χ0) is 40.1. The average Bonchev–Trinajstić information content (AvgIpc) is 3.14. The number of ketones is 2. The number of likely N-dealkylation sites (N-methyl/N-ethyl adjacent to an activating group) is 1. The van der Waals surface area contributed by atoms with Crippen molar-refractivity contribution in [1.29, 1.82) is 0 Å². The number of carbonyl (C=O) groups is 3. The van der Waals surface area contributed by atoms with Gasteiger partial charge in [-0.15, -0.1) is 0 Å². The molecule has 2 aromatic rings. The van der Waals surface area contributed by atoms with Crippen LogP contribution in [-0.2, 0) is 38.1 Å². The van der Waals surface area contributed by atoms with Crippen LogP contribution in [0.2, 0.25) is 0 Å². The predicted octanol–water partition coefficient (Wildman–Crippen LogP) is 5.01. The fraction of sp³-hybridized carbons (Fsp3) is 0.667. The zero-order valence-corrected chi connectivity index (χ0v) is 33.9. The molecule has 54 heavy (non-hydrogen) atoms. The van der Waals surface area contributed by atoms with E-state index in [1.165, 1.54) is 21.0 Å². The molecule has 1 aromatic heterocycles. The highest BCUT2D eigenvalue weighted by Gasteiger charge is 2.52. The monoisotopic (exact) mass is 754 g/mol. The van der Waals surface area contributed by atoms with Crippen LogP contribution in [0.1, 0.15) is 80.2 Å². The summed E-state index contributed by atoms with van der Waals surface area (Å²) < 4.78 is 31.1. The minimum Gasteiger partial charge on any atom is -0.459 e. The maximum Gasteiger partial charge on any atom is 0.316 e. The Morgan fingerprint density at radius 3 is 2.33 bits per heavy atom. The number of methoxy groups -OCH3 is 1. The van der Waals surface area contributed by atoms with Crippen molar-refractivity contribution in [2.24, 2.45) is 23.7 Å². The van der Waals surface area contributed by atoms with Gasteiger partial charge in [0.15, 0.2) is 12.1 Å². The number of esters is 1. The second kappa shape index (κ2) is 18.2. The highest BCUT2D eigenvalue weighted by molar-refractivity contribution is 6.00. The molecule has 2 saturated heterocycles. The Balaban J connectivity index is 1.69. The Morgan fingerprint density at radius 1 is 1.02 bits per heavy atom. The van der Waals surface area contributed by atoms with Gasteiger partial charge in [0.25, 0.3) is 0 Å². The molecule has 2 N–H and O–H groups in total. The quantitative estimate of drug-likeness (QED) is 0.262. The van der Waals surface area contributed by atoms with E-state index < -0.39 is 77.3 Å². The van der Waals surface area contributed by atoms with Gasteiger partial charge >= 0.3 is 5.97 Å². The number of benzene rings is 1. The Labute approximate surface area is 320 Å². The van der Waals surface area contributed by atoms with Crippen molar-refractivity contribution in [1.82, 2.24) is 9.88 Å². The molecule has 4 rings (SSSR count). The molecule has 300 valence electrons. The Morgan fingerprint density at radius 2 is 1.69 bits per heavy atom. The number of hydrogen-bond donors (Lipinski definition) is 2. The zero-order valence-electron chi connectivity index (χ0n) is 33.9. The molecule has 0 amide bonds. The smallest absolute Gasteiger partial charge is 0.316 e. The molecule has 1 aromatic carbocycles. The van der Waals surface area contributed by atoms with E-state index in [2.05, 4.69) is 4.98 Å². The molecule has 0 radical (unpaired) electrons. The van der Waals surface area contributed by atoms with Crippen LogP contribution < -0.4 is 0 Å². The first-order valence-corrected chi connectivity index (χ1v) is 19.2. The number of aliphatic hydroxyl groups is 2. The maximum atomic E-state index is 14.4. The van der Waals surface area contributed by atoms with Gasteiger partial charge in [-0.2, -0.15) is 0 Å². The van der Waals surface area contributed by atoms with Crippen molar-refractivity contribution in [2.75, 3.05) is 27.8 Å². The largest absolute Gasteiger partial charge is 0.459 e. The number of aromatic nitrogens is 1. The number of aliphatic hydroxyl groups excluding tert-OH is 1. The van der Waals surface area contributed by atoms with E-state index in [1.807, 2.05) is 62.3 Å². The Kier molecular flexibility index (Phi) is 14.7. The third kappa shape index (κ3) is 9.64. The SMILES string of the molecule is CC[C@H]1OC(=O)[C@H](C)C(=O)[C@H](C)[C@@H](O[C@@H]2O[C@H](C)C[C@H](N(C)C)[C@H]2O)[C@@](C)(OC)C[C@@H](C)C(=O)[C@H](C)C(OC/C=C/c2cnc3ccccc3c2)[C@]1(C)O. The van der Waals surface area contributed by atoms with Gasteiger partial charge in [-0.25, -0.2) is 0 Å². The van der Waals surface area contributed by atoms with E-state index in [0.29, 0.717) is 6.42 Å². The summed E-state index contributed by atoms with van der Waals surface area (Å²) in [6.45, 7) is 13.6. The number of nitrogens with zero attached hydrogens (tertiary/aromatic N) is 2. The van der Waals surface area contributed by atoms with Crippen LogP contribution in [0.25, 0.3) is 17.0 Å². The number of pyridine rings is 1. The molecule has 12 nitrogen and oxygen atoms in total. The van der Waals surface area contributed by atoms with Crippen molar-refractivity contribution < 1.29 is 48.3 Å². The molecular weight excluding hydrogens is 692 g/mol. The van der Waals surface area contributed by atoms with Gasteiger partial charge in [-0.05, 0) is 78.7 Å². The van der Waals surface area contributed by atoms with Gasteiger partial charge in [-0.1, -0.05) is 58.0 Å². The second-order valence-electron chi connectivity index (χ2n) is 16.0. The molecule has 12 heteroatoms. The van der Waals surface area contributed by atoms with Gasteiger partial charge in [0.2, 0.25) is 0 Å². The fourth-order valence-corrected chi connectivity index (χ4v) is 8.25. The van der Waals surface area contributed by atoms with Crippen molar-refractivity contribution in [3.63, 3.8) is 0 Å². The van der Waals surface area contributed by atoms with Crippen molar-refractivity contribution in [2.45, 2.75) is 129 Å². The molecule has 0 saturated carbocycles. The van der Waals surface area contributed by atoms with E-state index in [9.17, 15) is 24.6 Å². The maximum absolute atomic E-state index is 14.4. The molecule has 2 aliphatic rings. The molecule has 2 aliphatic heterocycles. The highest BCUT2D eigenvalue weighted by Crippen LogP contribution is 2.39. The molecule has 0 spiro atoms. The fourth-order valence-electron chi connectivity index (χ4n) is 8.25. The van der Waals surface area contributed by atoms with Crippen LogP contribution in [0.4, 0.5) is 0 Å². The van der Waals surface area contributed by atoms with Crippen molar-refractivity contribution >= 4 is 34.5 Å². The van der Waals surface area contributed by atoms with Crippen LogP contribution in [0.5, 0.6) is 0 Å². The summed E-state index contributed by atoms with van der Waals surface area (Å²) >= 11 is 0. The molecule has 3 heterocycles. The number of hydrogen-bond acceptors (Lipinski definition) is 12. The topological polar surface area (TPSA) is 154 Å². The highest BCUT2D eigenvalue weighted by atomic mass is 16.7. The minimum absolute atomic E-state index is 0.0399. The number of Topliss-reactive ketones (excluding diaryl/α,β-unsaturated/α-hetero) is 2. The summed E-state index contributed by atoms with van der Waals surface area (Å²) in [4.78, 5) is 48.7. The molecule has 13 atom stereocenters. The van der Waals surface area contributed by atoms with Gasteiger partial charge in [0.05, 0.1) is 36.0 Å². The molecule has 2 fully saturated rings. The third-order valence-electron chi connectivity index (χ3n) is 11.6. The van der Waals surface area contributed by atoms with Gasteiger partial charge in [0.1, 0.15) is 29.5 Å². The normalized spacial score (nSPS) is 37.8. The molecular formula is C42H62N2O10. The first kappa shape index (κ1) is 43.6. The summed E-state index contributed by atoms with van der Waals surface area (Å²) in [5.41, 5.74) is -1.35. The minimum atomic E-state index is -1.82. The summed E-state index contributed by atoms with van der Waals surface area (Å²) in [6.07, 6.45) is 0.617. The number of rotatable bonds is 9. The first-order valence-electron chi connectivity index (χ1n) is 19.2. The van der Waals surface area contributed by atoms with Crippen molar-refractivity contribution in [3.8, 4) is 0 Å². The lowest BCUT2D eigenvalue weighted by atomic mass is 9.74. The summed E-state index contributed by atoms with van der Waals surface area (Å²) in [7, 11) is 5.22. The van der Waals surface area contributed by atoms with Gasteiger partial charge < -0.3 is 38.8 Å². The lowest BCUT2D eigenvalue weighted by Gasteiger charge is -2.47. The number of carbonyl (C=O) groups excluding carboxylic acids is 3. The number of cyclic esters (lactones) is 1. The van der Waals surface area contributed by atoms with E-state index in [-0.39, 0.29) is 37.4 Å². The predicted molar refractivity (Wildman–Crippen MR) is 205 cm³/mol. The average molecular weight is 755 g/mol. The first-order chi connectivity index (χ1) is 25.4.